The zero-order chi connectivity index (χ0) is 12.1. The van der Waals surface area contributed by atoms with Gasteiger partial charge in [-0.1, -0.05) is 27.2 Å². The predicted octanol–water partition coefficient (Wildman–Crippen LogP) is 2.38. The minimum absolute atomic E-state index is 0.173. The topological polar surface area (TPSA) is 74.6 Å². The van der Waals surface area contributed by atoms with Gasteiger partial charge in [-0.15, -0.1) is 0 Å². The highest BCUT2D eigenvalue weighted by atomic mass is 16.4. The number of rotatable bonds is 6. The lowest BCUT2D eigenvalue weighted by Crippen LogP contribution is -2.18. The average Bonchev–Trinajstić information content (AvgIpc) is 1.99. The number of carboxylic acid groups (broad SMARTS) is 2. The molecule has 0 heterocycles. The third-order valence-corrected chi connectivity index (χ3v) is 2.25. The molecule has 88 valence electrons. The summed E-state index contributed by atoms with van der Waals surface area (Å²) in [5.41, 5.74) is 0.173. The molecule has 4 nitrogen and oxygen atoms in total. The zero-order valence-electron chi connectivity index (χ0n) is 9.62. The van der Waals surface area contributed by atoms with E-state index in [1.54, 1.807) is 0 Å². The molecule has 0 rings (SSSR count). The predicted molar refractivity (Wildman–Crippen MR) is 56.7 cm³/mol. The summed E-state index contributed by atoms with van der Waals surface area (Å²) in [6.45, 7) is 6.25. The van der Waals surface area contributed by atoms with Gasteiger partial charge < -0.3 is 10.2 Å². The van der Waals surface area contributed by atoms with Crippen LogP contribution in [0.4, 0.5) is 0 Å². The summed E-state index contributed by atoms with van der Waals surface area (Å²) < 4.78 is 0. The summed E-state index contributed by atoms with van der Waals surface area (Å²) in [5, 5.41) is 17.3. The maximum atomic E-state index is 10.7. The summed E-state index contributed by atoms with van der Waals surface area (Å²) >= 11 is 0. The molecule has 0 amide bonds. The molecule has 0 aliphatic heterocycles. The molecule has 0 aromatic rings. The lowest BCUT2D eigenvalue weighted by atomic mass is 9.87. The van der Waals surface area contributed by atoms with Crippen molar-refractivity contribution >= 4 is 11.9 Å². The Balaban J connectivity index is 3.98. The van der Waals surface area contributed by atoms with Crippen LogP contribution < -0.4 is 0 Å². The molecule has 0 radical (unpaired) electrons. The first-order valence-corrected chi connectivity index (χ1v) is 5.17. The summed E-state index contributed by atoms with van der Waals surface area (Å²) in [5.74, 6) is -2.80. The smallest absolute Gasteiger partial charge is 0.307 e. The van der Waals surface area contributed by atoms with E-state index >= 15 is 0 Å². The normalized spacial score (nSPS) is 13.5. The minimum atomic E-state index is -1.04. The number of hydrogen-bond acceptors (Lipinski definition) is 2. The van der Waals surface area contributed by atoms with Gasteiger partial charge in [0.2, 0.25) is 0 Å². The summed E-state index contributed by atoms with van der Waals surface area (Å²) in [6, 6.07) is 0. The van der Waals surface area contributed by atoms with E-state index in [1.807, 2.05) is 0 Å². The Labute approximate surface area is 90.3 Å². The summed E-state index contributed by atoms with van der Waals surface area (Å²) in [6.07, 6.45) is 1.84. The molecule has 1 unspecified atom stereocenters. The van der Waals surface area contributed by atoms with Crippen molar-refractivity contribution in [1.29, 1.82) is 0 Å². The molecule has 2 N–H and O–H groups in total. The SMILES string of the molecule is CC(C)(C)CCCC(CC(=O)O)C(=O)O. The van der Waals surface area contributed by atoms with Crippen LogP contribution >= 0.6 is 0 Å². The fourth-order valence-electron chi connectivity index (χ4n) is 1.40. The Hall–Kier alpha value is -1.06. The molecule has 0 aliphatic carbocycles. The third kappa shape index (κ3) is 7.97. The molecule has 0 spiro atoms. The summed E-state index contributed by atoms with van der Waals surface area (Å²) in [4.78, 5) is 21.1. The maximum absolute atomic E-state index is 10.7. The van der Waals surface area contributed by atoms with Crippen LogP contribution in [0.15, 0.2) is 0 Å². The third-order valence-electron chi connectivity index (χ3n) is 2.25. The average molecular weight is 216 g/mol. The molecule has 0 aromatic carbocycles. The van der Waals surface area contributed by atoms with Gasteiger partial charge in [-0.3, -0.25) is 9.59 Å². The first kappa shape index (κ1) is 13.9. The van der Waals surface area contributed by atoms with Crippen molar-refractivity contribution in [2.24, 2.45) is 11.3 Å². The molecule has 15 heavy (non-hydrogen) atoms. The number of carboxylic acids is 2. The Kier molecular flexibility index (Phi) is 5.33. The van der Waals surface area contributed by atoms with Crippen LogP contribution in [-0.2, 0) is 9.59 Å². The maximum Gasteiger partial charge on any atom is 0.307 e. The highest BCUT2D eigenvalue weighted by Gasteiger charge is 2.21. The quantitative estimate of drug-likeness (QED) is 0.714. The molecular formula is C11H20O4. The summed E-state index contributed by atoms with van der Waals surface area (Å²) in [7, 11) is 0. The standard InChI is InChI=1S/C11H20O4/c1-11(2,3)6-4-5-8(10(14)15)7-9(12)13/h8H,4-7H2,1-3H3,(H,12,13)(H,14,15). The largest absolute Gasteiger partial charge is 0.481 e. The Morgan fingerprint density at radius 1 is 1.20 bits per heavy atom. The Morgan fingerprint density at radius 3 is 2.07 bits per heavy atom. The van der Waals surface area contributed by atoms with E-state index < -0.39 is 17.9 Å². The van der Waals surface area contributed by atoms with E-state index in [0.29, 0.717) is 6.42 Å². The van der Waals surface area contributed by atoms with E-state index in [-0.39, 0.29) is 11.8 Å². The van der Waals surface area contributed by atoms with Crippen molar-refractivity contribution in [3.8, 4) is 0 Å². The molecule has 0 saturated carbocycles. The van der Waals surface area contributed by atoms with Crippen molar-refractivity contribution in [1.82, 2.24) is 0 Å². The van der Waals surface area contributed by atoms with E-state index in [0.717, 1.165) is 12.8 Å². The zero-order valence-corrected chi connectivity index (χ0v) is 9.62. The van der Waals surface area contributed by atoms with Gasteiger partial charge >= 0.3 is 11.9 Å². The van der Waals surface area contributed by atoms with Crippen molar-refractivity contribution in [3.05, 3.63) is 0 Å². The lowest BCUT2D eigenvalue weighted by molar-refractivity contribution is -0.148. The van der Waals surface area contributed by atoms with Gasteiger partial charge in [0.1, 0.15) is 0 Å². The molecule has 4 heteroatoms. The highest BCUT2D eigenvalue weighted by Crippen LogP contribution is 2.24. The van der Waals surface area contributed by atoms with Crippen LogP contribution in [0, 0.1) is 11.3 Å². The molecule has 0 aliphatic rings. The van der Waals surface area contributed by atoms with Crippen LogP contribution in [0.3, 0.4) is 0 Å². The van der Waals surface area contributed by atoms with Crippen molar-refractivity contribution in [3.63, 3.8) is 0 Å². The van der Waals surface area contributed by atoms with Crippen LogP contribution in [0.25, 0.3) is 0 Å². The molecule has 1 atom stereocenters. The molecule has 0 aromatic heterocycles. The van der Waals surface area contributed by atoms with Crippen LogP contribution in [0.1, 0.15) is 46.5 Å². The second kappa shape index (κ2) is 5.73. The van der Waals surface area contributed by atoms with Gasteiger partial charge in [-0.25, -0.2) is 0 Å². The molecular weight excluding hydrogens is 196 g/mol. The second-order valence-electron chi connectivity index (χ2n) is 5.09. The highest BCUT2D eigenvalue weighted by molar-refractivity contribution is 5.77. The van der Waals surface area contributed by atoms with Crippen molar-refractivity contribution < 1.29 is 19.8 Å². The minimum Gasteiger partial charge on any atom is -0.481 e. The van der Waals surface area contributed by atoms with E-state index in [1.165, 1.54) is 0 Å². The number of hydrogen-bond donors (Lipinski definition) is 2. The first-order valence-electron chi connectivity index (χ1n) is 5.17. The number of aliphatic carboxylic acids is 2. The Morgan fingerprint density at radius 2 is 1.73 bits per heavy atom. The monoisotopic (exact) mass is 216 g/mol. The van der Waals surface area contributed by atoms with E-state index in [4.69, 9.17) is 10.2 Å². The first-order chi connectivity index (χ1) is 6.72. The van der Waals surface area contributed by atoms with E-state index in [2.05, 4.69) is 20.8 Å². The van der Waals surface area contributed by atoms with Crippen molar-refractivity contribution in [2.45, 2.75) is 46.5 Å². The second-order valence-corrected chi connectivity index (χ2v) is 5.09. The van der Waals surface area contributed by atoms with Crippen LogP contribution in [-0.4, -0.2) is 22.2 Å². The Bertz CT molecular complexity index is 227. The lowest BCUT2D eigenvalue weighted by Gasteiger charge is -2.18. The fourth-order valence-corrected chi connectivity index (χ4v) is 1.40. The van der Waals surface area contributed by atoms with Gasteiger partial charge in [0, 0.05) is 0 Å². The van der Waals surface area contributed by atoms with Gasteiger partial charge in [0.25, 0.3) is 0 Å². The van der Waals surface area contributed by atoms with Crippen molar-refractivity contribution in [2.75, 3.05) is 0 Å². The van der Waals surface area contributed by atoms with Gasteiger partial charge in [0.15, 0.2) is 0 Å². The van der Waals surface area contributed by atoms with Crippen LogP contribution in [0.2, 0.25) is 0 Å². The van der Waals surface area contributed by atoms with E-state index in [9.17, 15) is 9.59 Å². The van der Waals surface area contributed by atoms with Gasteiger partial charge in [-0.2, -0.15) is 0 Å². The van der Waals surface area contributed by atoms with Crippen LogP contribution in [0.5, 0.6) is 0 Å². The van der Waals surface area contributed by atoms with Gasteiger partial charge in [-0.05, 0) is 18.3 Å². The molecule has 0 bridgehead atoms. The number of carbonyl (C=O) groups is 2. The fraction of sp³-hybridized carbons (Fsp3) is 0.818. The van der Waals surface area contributed by atoms with Gasteiger partial charge in [0.05, 0.1) is 12.3 Å². The molecule has 0 fully saturated rings. The molecule has 0 saturated heterocycles.